The van der Waals surface area contributed by atoms with Crippen molar-refractivity contribution in [2.45, 2.75) is 58.3 Å². The summed E-state index contributed by atoms with van der Waals surface area (Å²) < 4.78 is 16.8. The minimum Gasteiger partial charge on any atom is -0.493 e. The largest absolute Gasteiger partial charge is 0.493 e. The monoisotopic (exact) mass is 532 g/mol. The Kier molecular flexibility index (Phi) is 12.2. The second-order valence-electron chi connectivity index (χ2n) is 7.81. The smallest absolute Gasteiger partial charge is 0.343 e. The van der Waals surface area contributed by atoms with Gasteiger partial charge in [-0.1, -0.05) is 61.4 Å². The molecular weight excluding hydrogens is 500 g/mol. The molecule has 0 heterocycles. The maximum Gasteiger partial charge on any atom is 0.343 e. The van der Waals surface area contributed by atoms with Crippen LogP contribution in [0.15, 0.2) is 46.0 Å². The summed E-state index contributed by atoms with van der Waals surface area (Å²) in [6, 6.07) is 9.96. The number of nitrogens with zero attached hydrogens (tertiary/aromatic N) is 1. The summed E-state index contributed by atoms with van der Waals surface area (Å²) in [4.78, 5) is 24.7. The van der Waals surface area contributed by atoms with E-state index in [2.05, 4.69) is 33.4 Å². The molecule has 2 aromatic carbocycles. The highest BCUT2D eigenvalue weighted by Crippen LogP contribution is 2.29. The molecule has 0 aliphatic carbocycles. The van der Waals surface area contributed by atoms with E-state index in [0.717, 1.165) is 23.7 Å². The van der Waals surface area contributed by atoms with Gasteiger partial charge in [0.2, 0.25) is 5.91 Å². The van der Waals surface area contributed by atoms with Gasteiger partial charge in [0.05, 0.1) is 26.0 Å². The summed E-state index contributed by atoms with van der Waals surface area (Å²) in [5, 5.41) is 4.04. The second-order valence-corrected chi connectivity index (χ2v) is 8.72. The third kappa shape index (κ3) is 9.17. The van der Waals surface area contributed by atoms with Crippen LogP contribution in [0.2, 0.25) is 0 Å². The van der Waals surface area contributed by atoms with Crippen LogP contribution >= 0.6 is 15.9 Å². The van der Waals surface area contributed by atoms with Crippen molar-refractivity contribution < 1.29 is 23.8 Å². The van der Waals surface area contributed by atoms with Gasteiger partial charge in [0, 0.05) is 16.5 Å². The Morgan fingerprint density at radius 2 is 1.59 bits per heavy atom. The lowest BCUT2D eigenvalue weighted by Gasteiger charge is -2.11. The van der Waals surface area contributed by atoms with E-state index in [9.17, 15) is 9.59 Å². The molecule has 1 N–H and O–H groups in total. The van der Waals surface area contributed by atoms with Crippen molar-refractivity contribution in [3.05, 3.63) is 52.0 Å². The molecule has 184 valence electrons. The van der Waals surface area contributed by atoms with Crippen LogP contribution in [0.3, 0.4) is 0 Å². The molecule has 0 spiro atoms. The first-order valence-electron chi connectivity index (χ1n) is 11.5. The molecule has 0 aromatic heterocycles. The van der Waals surface area contributed by atoms with Crippen molar-refractivity contribution in [1.82, 2.24) is 5.43 Å². The van der Waals surface area contributed by atoms with Gasteiger partial charge in [-0.05, 0) is 42.8 Å². The van der Waals surface area contributed by atoms with Gasteiger partial charge in [0.15, 0.2) is 11.5 Å². The van der Waals surface area contributed by atoms with Crippen molar-refractivity contribution in [2.24, 2.45) is 5.10 Å². The summed E-state index contributed by atoms with van der Waals surface area (Å²) in [5.74, 6) is 0.568. The SMILES string of the molecule is CCCCCCCCCC(=O)NN=Cc1cc(Br)ccc1OC(=O)c1ccc(OC)c(OC)c1. The van der Waals surface area contributed by atoms with Crippen LogP contribution in [0, 0.1) is 0 Å². The number of nitrogens with one attached hydrogen (secondary N) is 1. The molecule has 0 saturated carbocycles. The zero-order valence-corrected chi connectivity index (χ0v) is 21.7. The van der Waals surface area contributed by atoms with E-state index in [0.29, 0.717) is 34.8 Å². The van der Waals surface area contributed by atoms with Gasteiger partial charge in [0.1, 0.15) is 5.75 Å². The van der Waals surface area contributed by atoms with Gasteiger partial charge in [0.25, 0.3) is 0 Å². The second kappa shape index (κ2) is 15.1. The Hall–Kier alpha value is -2.87. The van der Waals surface area contributed by atoms with Gasteiger partial charge in [-0.3, -0.25) is 4.79 Å². The van der Waals surface area contributed by atoms with Gasteiger partial charge in [-0.2, -0.15) is 5.10 Å². The minimum absolute atomic E-state index is 0.135. The number of hydrazone groups is 1. The molecule has 0 fully saturated rings. The minimum atomic E-state index is -0.555. The van der Waals surface area contributed by atoms with E-state index in [1.165, 1.54) is 46.1 Å². The third-order valence-corrected chi connectivity index (χ3v) is 5.69. The molecular formula is C26H33BrN2O5. The van der Waals surface area contributed by atoms with Crippen molar-refractivity contribution in [2.75, 3.05) is 14.2 Å². The molecule has 2 rings (SSSR count). The lowest BCUT2D eigenvalue weighted by Crippen LogP contribution is -2.17. The summed E-state index contributed by atoms with van der Waals surface area (Å²) in [6.45, 7) is 2.20. The number of ether oxygens (including phenoxy) is 3. The maximum absolute atomic E-state index is 12.7. The summed E-state index contributed by atoms with van der Waals surface area (Å²) in [6.07, 6.45) is 9.94. The predicted octanol–water partition coefficient (Wildman–Crippen LogP) is 6.28. The average molecular weight is 533 g/mol. The molecule has 0 aliphatic heterocycles. The van der Waals surface area contributed by atoms with Crippen LogP contribution in [-0.4, -0.2) is 32.3 Å². The topological polar surface area (TPSA) is 86.2 Å². The summed E-state index contributed by atoms with van der Waals surface area (Å²) in [7, 11) is 3.02. The maximum atomic E-state index is 12.7. The van der Waals surface area contributed by atoms with E-state index < -0.39 is 5.97 Å². The Morgan fingerprint density at radius 3 is 2.29 bits per heavy atom. The molecule has 34 heavy (non-hydrogen) atoms. The molecule has 0 aliphatic rings. The average Bonchev–Trinajstić information content (AvgIpc) is 2.84. The number of hydrogen-bond donors (Lipinski definition) is 1. The fraction of sp³-hybridized carbons (Fsp3) is 0.423. The normalized spacial score (nSPS) is 10.8. The number of halogens is 1. The summed E-state index contributed by atoms with van der Waals surface area (Å²) >= 11 is 3.41. The first-order chi connectivity index (χ1) is 16.5. The Morgan fingerprint density at radius 1 is 0.912 bits per heavy atom. The van der Waals surface area contributed by atoms with E-state index in [1.807, 2.05) is 0 Å². The van der Waals surface area contributed by atoms with Gasteiger partial charge < -0.3 is 14.2 Å². The van der Waals surface area contributed by atoms with Crippen LogP contribution in [0.25, 0.3) is 0 Å². The Labute approximate surface area is 210 Å². The molecule has 8 heteroatoms. The van der Waals surface area contributed by atoms with Gasteiger partial charge in [-0.15, -0.1) is 0 Å². The van der Waals surface area contributed by atoms with E-state index in [4.69, 9.17) is 14.2 Å². The van der Waals surface area contributed by atoms with Crippen molar-refractivity contribution in [1.29, 1.82) is 0 Å². The first-order valence-corrected chi connectivity index (χ1v) is 12.3. The van der Waals surface area contributed by atoms with E-state index in [1.54, 1.807) is 36.4 Å². The zero-order valence-electron chi connectivity index (χ0n) is 20.1. The van der Waals surface area contributed by atoms with Crippen LogP contribution in [0.1, 0.15) is 74.2 Å². The molecule has 0 unspecified atom stereocenters. The number of esters is 1. The standard InChI is InChI=1S/C26H33BrN2O5/c1-4-5-6-7-8-9-10-11-25(30)29-28-18-20-16-21(27)13-15-22(20)34-26(31)19-12-14-23(32-2)24(17-19)33-3/h12-18H,4-11H2,1-3H3,(H,29,30). The van der Waals surface area contributed by atoms with Crippen LogP contribution in [0.5, 0.6) is 17.2 Å². The van der Waals surface area contributed by atoms with Crippen molar-refractivity contribution >= 4 is 34.0 Å². The first kappa shape index (κ1) is 27.4. The van der Waals surface area contributed by atoms with Crippen LogP contribution < -0.4 is 19.6 Å². The predicted molar refractivity (Wildman–Crippen MR) is 137 cm³/mol. The Balaban J connectivity index is 1.93. The lowest BCUT2D eigenvalue weighted by molar-refractivity contribution is -0.121. The third-order valence-electron chi connectivity index (χ3n) is 5.19. The van der Waals surface area contributed by atoms with E-state index in [-0.39, 0.29) is 5.91 Å². The number of methoxy groups -OCH3 is 2. The Bertz CT molecular complexity index is 978. The molecule has 7 nitrogen and oxygen atoms in total. The highest BCUT2D eigenvalue weighted by atomic mass is 79.9. The fourth-order valence-corrected chi connectivity index (χ4v) is 3.69. The zero-order chi connectivity index (χ0) is 24.8. The number of benzene rings is 2. The molecule has 0 atom stereocenters. The van der Waals surface area contributed by atoms with Crippen molar-refractivity contribution in [3.8, 4) is 17.2 Å². The van der Waals surface area contributed by atoms with Crippen molar-refractivity contribution in [3.63, 3.8) is 0 Å². The number of carbonyl (C=O) groups is 2. The molecule has 2 aromatic rings. The molecule has 0 radical (unpaired) electrons. The number of amides is 1. The lowest BCUT2D eigenvalue weighted by atomic mass is 10.1. The molecule has 0 bridgehead atoms. The highest BCUT2D eigenvalue weighted by molar-refractivity contribution is 9.10. The molecule has 1 amide bonds. The highest BCUT2D eigenvalue weighted by Gasteiger charge is 2.15. The quantitative estimate of drug-likeness (QED) is 0.102. The summed E-state index contributed by atoms with van der Waals surface area (Å²) in [5.41, 5.74) is 3.40. The van der Waals surface area contributed by atoms with Crippen LogP contribution in [0.4, 0.5) is 0 Å². The fourth-order valence-electron chi connectivity index (χ4n) is 3.31. The van der Waals surface area contributed by atoms with E-state index >= 15 is 0 Å². The number of unbranched alkanes of at least 4 members (excludes halogenated alkanes) is 6. The number of hydrogen-bond acceptors (Lipinski definition) is 6. The van der Waals surface area contributed by atoms with Gasteiger partial charge in [-0.25, -0.2) is 10.2 Å². The number of rotatable bonds is 14. The molecule has 0 saturated heterocycles. The van der Waals surface area contributed by atoms with Gasteiger partial charge >= 0.3 is 5.97 Å². The number of carbonyl (C=O) groups excluding carboxylic acids is 2. The van der Waals surface area contributed by atoms with Crippen LogP contribution in [-0.2, 0) is 4.79 Å².